The zero-order valence-corrected chi connectivity index (χ0v) is 12.2. The van der Waals surface area contributed by atoms with Crippen molar-refractivity contribution in [1.82, 2.24) is 9.88 Å². The summed E-state index contributed by atoms with van der Waals surface area (Å²) >= 11 is 6.09. The van der Waals surface area contributed by atoms with Gasteiger partial charge in [0.1, 0.15) is 5.15 Å². The van der Waals surface area contributed by atoms with Crippen LogP contribution in [0.4, 0.5) is 0 Å². The maximum absolute atomic E-state index is 8.97. The Morgan fingerprint density at radius 1 is 1.39 bits per heavy atom. The van der Waals surface area contributed by atoms with Crippen LogP contribution in [0.25, 0.3) is 0 Å². The number of halogens is 1. The molecule has 0 saturated heterocycles. The fourth-order valence-corrected chi connectivity index (χ4v) is 2.14. The number of aromatic nitrogens is 1. The van der Waals surface area contributed by atoms with E-state index >= 15 is 0 Å². The second-order valence-electron chi connectivity index (χ2n) is 5.80. The number of pyridine rings is 1. The maximum Gasteiger partial charge on any atom is 0.133 e. The molecular weight excluding hydrogens is 248 g/mol. The van der Waals surface area contributed by atoms with Gasteiger partial charge in [-0.25, -0.2) is 4.98 Å². The van der Waals surface area contributed by atoms with Crippen molar-refractivity contribution in [2.75, 3.05) is 19.7 Å². The van der Waals surface area contributed by atoms with Crippen LogP contribution in [0.5, 0.6) is 0 Å². The van der Waals surface area contributed by atoms with Crippen LogP contribution in [0.2, 0.25) is 5.15 Å². The van der Waals surface area contributed by atoms with E-state index in [1.165, 1.54) is 0 Å². The Labute approximate surface area is 115 Å². The van der Waals surface area contributed by atoms with E-state index < -0.39 is 0 Å². The fraction of sp³-hybridized carbons (Fsp3) is 0.643. The first-order chi connectivity index (χ1) is 8.42. The van der Waals surface area contributed by atoms with Crippen molar-refractivity contribution in [1.29, 1.82) is 0 Å². The fourth-order valence-electron chi connectivity index (χ4n) is 1.96. The van der Waals surface area contributed by atoms with Crippen molar-refractivity contribution < 1.29 is 5.11 Å². The van der Waals surface area contributed by atoms with Gasteiger partial charge in [-0.1, -0.05) is 38.4 Å². The van der Waals surface area contributed by atoms with Crippen molar-refractivity contribution in [3.05, 3.63) is 29.0 Å². The Balaban J connectivity index is 2.69. The standard InChI is InChI=1S/C14H23ClN2O/c1-14(2,3)11-17(8-5-9-18)10-12-6-4-7-16-13(12)15/h4,6-7,18H,5,8-11H2,1-3H3. The number of aliphatic hydroxyl groups excluding tert-OH is 1. The normalized spacial score (nSPS) is 12.1. The first kappa shape index (κ1) is 15.4. The van der Waals surface area contributed by atoms with Crippen LogP contribution >= 0.6 is 11.6 Å². The summed E-state index contributed by atoms with van der Waals surface area (Å²) in [6, 6.07) is 3.91. The van der Waals surface area contributed by atoms with Gasteiger partial charge in [0, 0.05) is 38.0 Å². The van der Waals surface area contributed by atoms with Gasteiger partial charge in [-0.3, -0.25) is 4.90 Å². The molecule has 0 aliphatic rings. The van der Waals surface area contributed by atoms with E-state index in [2.05, 4.69) is 30.7 Å². The molecule has 3 nitrogen and oxygen atoms in total. The summed E-state index contributed by atoms with van der Waals surface area (Å²) in [6.07, 6.45) is 2.49. The van der Waals surface area contributed by atoms with Crippen LogP contribution in [0.3, 0.4) is 0 Å². The van der Waals surface area contributed by atoms with E-state index in [9.17, 15) is 0 Å². The molecule has 0 aliphatic carbocycles. The molecule has 0 fully saturated rings. The van der Waals surface area contributed by atoms with Crippen molar-refractivity contribution in [3.8, 4) is 0 Å². The molecule has 0 amide bonds. The molecule has 1 rings (SSSR count). The second-order valence-corrected chi connectivity index (χ2v) is 6.16. The van der Waals surface area contributed by atoms with Gasteiger partial charge >= 0.3 is 0 Å². The SMILES string of the molecule is CC(C)(C)CN(CCCO)Cc1cccnc1Cl. The Bertz CT molecular complexity index is 363. The zero-order chi connectivity index (χ0) is 13.6. The number of aliphatic hydroxyl groups is 1. The highest BCUT2D eigenvalue weighted by molar-refractivity contribution is 6.30. The minimum atomic E-state index is 0.224. The molecule has 1 aromatic heterocycles. The molecule has 4 heteroatoms. The molecule has 0 unspecified atom stereocenters. The average molecular weight is 271 g/mol. The summed E-state index contributed by atoms with van der Waals surface area (Å²) in [6.45, 7) is 9.49. The van der Waals surface area contributed by atoms with Gasteiger partial charge in [-0.15, -0.1) is 0 Å². The number of hydrogen-bond acceptors (Lipinski definition) is 3. The minimum absolute atomic E-state index is 0.224. The Kier molecular flexibility index (Phi) is 6.06. The Hall–Kier alpha value is -0.640. The van der Waals surface area contributed by atoms with Gasteiger partial charge in [-0.05, 0) is 17.9 Å². The summed E-state index contributed by atoms with van der Waals surface area (Å²) < 4.78 is 0. The van der Waals surface area contributed by atoms with Crippen LogP contribution in [-0.2, 0) is 6.54 Å². The molecule has 18 heavy (non-hydrogen) atoms. The number of rotatable bonds is 6. The largest absolute Gasteiger partial charge is 0.396 e. The Morgan fingerprint density at radius 3 is 2.67 bits per heavy atom. The summed E-state index contributed by atoms with van der Waals surface area (Å²) in [5.74, 6) is 0. The van der Waals surface area contributed by atoms with Gasteiger partial charge in [0.05, 0.1) is 0 Å². The average Bonchev–Trinajstić information content (AvgIpc) is 2.27. The van der Waals surface area contributed by atoms with Crippen LogP contribution in [-0.4, -0.2) is 34.7 Å². The molecule has 0 bridgehead atoms. The topological polar surface area (TPSA) is 36.4 Å². The lowest BCUT2D eigenvalue weighted by Crippen LogP contribution is -2.33. The highest BCUT2D eigenvalue weighted by Gasteiger charge is 2.17. The molecule has 0 atom stereocenters. The molecule has 0 aromatic carbocycles. The third kappa shape index (κ3) is 5.80. The quantitative estimate of drug-likeness (QED) is 0.808. The Morgan fingerprint density at radius 2 is 2.11 bits per heavy atom. The first-order valence-corrected chi connectivity index (χ1v) is 6.73. The van der Waals surface area contributed by atoms with E-state index in [1.54, 1.807) is 6.20 Å². The highest BCUT2D eigenvalue weighted by atomic mass is 35.5. The third-order valence-corrected chi connectivity index (χ3v) is 2.90. The van der Waals surface area contributed by atoms with E-state index in [4.69, 9.17) is 16.7 Å². The van der Waals surface area contributed by atoms with Gasteiger partial charge in [0.25, 0.3) is 0 Å². The summed E-state index contributed by atoms with van der Waals surface area (Å²) in [7, 11) is 0. The van der Waals surface area contributed by atoms with Gasteiger partial charge in [0.2, 0.25) is 0 Å². The zero-order valence-electron chi connectivity index (χ0n) is 11.5. The lowest BCUT2D eigenvalue weighted by Gasteiger charge is -2.30. The molecule has 1 heterocycles. The van der Waals surface area contributed by atoms with Crippen molar-refractivity contribution in [2.45, 2.75) is 33.7 Å². The molecule has 0 spiro atoms. The number of nitrogens with zero attached hydrogens (tertiary/aromatic N) is 2. The minimum Gasteiger partial charge on any atom is -0.396 e. The maximum atomic E-state index is 8.97. The van der Waals surface area contributed by atoms with E-state index in [0.717, 1.165) is 31.6 Å². The summed E-state index contributed by atoms with van der Waals surface area (Å²) in [5.41, 5.74) is 1.27. The van der Waals surface area contributed by atoms with Gasteiger partial charge in [-0.2, -0.15) is 0 Å². The first-order valence-electron chi connectivity index (χ1n) is 6.35. The molecule has 1 N–H and O–H groups in total. The van der Waals surface area contributed by atoms with Crippen molar-refractivity contribution in [3.63, 3.8) is 0 Å². The van der Waals surface area contributed by atoms with Gasteiger partial charge in [0.15, 0.2) is 0 Å². The highest BCUT2D eigenvalue weighted by Crippen LogP contribution is 2.19. The predicted octanol–water partition coefficient (Wildman–Crippen LogP) is 2.97. The van der Waals surface area contributed by atoms with E-state index in [0.29, 0.717) is 5.15 Å². The molecule has 0 radical (unpaired) electrons. The van der Waals surface area contributed by atoms with Crippen LogP contribution in [0, 0.1) is 5.41 Å². The van der Waals surface area contributed by atoms with E-state index in [1.807, 2.05) is 12.1 Å². The smallest absolute Gasteiger partial charge is 0.133 e. The van der Waals surface area contributed by atoms with Crippen LogP contribution in [0.15, 0.2) is 18.3 Å². The van der Waals surface area contributed by atoms with Crippen molar-refractivity contribution in [2.24, 2.45) is 5.41 Å². The molecular formula is C14H23ClN2O. The molecule has 0 saturated carbocycles. The number of hydrogen-bond donors (Lipinski definition) is 1. The predicted molar refractivity (Wildman–Crippen MR) is 75.7 cm³/mol. The third-order valence-electron chi connectivity index (χ3n) is 2.56. The molecule has 1 aromatic rings. The lowest BCUT2D eigenvalue weighted by molar-refractivity contribution is 0.166. The second kappa shape index (κ2) is 7.07. The van der Waals surface area contributed by atoms with Gasteiger partial charge < -0.3 is 5.11 Å². The van der Waals surface area contributed by atoms with Crippen LogP contribution in [0.1, 0.15) is 32.8 Å². The summed E-state index contributed by atoms with van der Waals surface area (Å²) in [5, 5.41) is 9.54. The van der Waals surface area contributed by atoms with E-state index in [-0.39, 0.29) is 12.0 Å². The molecule has 102 valence electrons. The van der Waals surface area contributed by atoms with Crippen molar-refractivity contribution >= 4 is 11.6 Å². The summed E-state index contributed by atoms with van der Waals surface area (Å²) in [4.78, 5) is 6.42. The van der Waals surface area contributed by atoms with Crippen LogP contribution < -0.4 is 0 Å². The lowest BCUT2D eigenvalue weighted by atomic mass is 9.95. The monoisotopic (exact) mass is 270 g/mol. The molecule has 0 aliphatic heterocycles.